The maximum Gasteiger partial charge on any atom is 0.115 e. The standard InChI is InChI=1S/C11H22O.C10H14O/c1-2-3-4-5-10-6-8-11(12)9-7-10;1-2-3-4-9-5-7-10(11)8-6-9/h10-12H,2-9H2,1H3;5-8,11H,2-4H2,1H3. The fraction of sp³-hybridized carbons (Fsp3) is 0.714. The molecular weight excluding hydrogens is 284 g/mol. The summed E-state index contributed by atoms with van der Waals surface area (Å²) in [6.07, 6.45) is 13.8. The van der Waals surface area contributed by atoms with Crippen LogP contribution in [-0.2, 0) is 6.42 Å². The summed E-state index contributed by atoms with van der Waals surface area (Å²) >= 11 is 0. The zero-order valence-electron chi connectivity index (χ0n) is 15.1. The maximum absolute atomic E-state index is 9.30. The van der Waals surface area contributed by atoms with Gasteiger partial charge >= 0.3 is 0 Å². The summed E-state index contributed by atoms with van der Waals surface area (Å²) in [4.78, 5) is 0. The van der Waals surface area contributed by atoms with Gasteiger partial charge < -0.3 is 10.2 Å². The molecule has 1 fully saturated rings. The van der Waals surface area contributed by atoms with Gasteiger partial charge in [-0.15, -0.1) is 0 Å². The van der Waals surface area contributed by atoms with E-state index in [1.165, 1.54) is 56.9 Å². The van der Waals surface area contributed by atoms with Crippen LogP contribution >= 0.6 is 0 Å². The van der Waals surface area contributed by atoms with Gasteiger partial charge in [0.1, 0.15) is 5.75 Å². The number of unbranched alkanes of at least 4 members (excludes halogenated alkanes) is 3. The molecule has 1 saturated carbocycles. The van der Waals surface area contributed by atoms with Gasteiger partial charge in [-0.05, 0) is 62.1 Å². The quantitative estimate of drug-likeness (QED) is 0.618. The minimum absolute atomic E-state index is 0.0208. The van der Waals surface area contributed by atoms with Crippen LogP contribution in [0.2, 0.25) is 0 Å². The van der Waals surface area contributed by atoms with Crippen molar-refractivity contribution in [2.75, 3.05) is 0 Å². The number of phenols is 1. The SMILES string of the molecule is CCCCCC1CCC(O)CC1.CCCCc1ccc(O)cc1. The van der Waals surface area contributed by atoms with E-state index in [1.54, 1.807) is 12.1 Å². The van der Waals surface area contributed by atoms with Crippen LogP contribution in [0.5, 0.6) is 5.75 Å². The predicted molar refractivity (Wildman–Crippen MR) is 98.8 cm³/mol. The van der Waals surface area contributed by atoms with Crippen LogP contribution in [0, 0.1) is 5.92 Å². The lowest BCUT2D eigenvalue weighted by atomic mass is 9.84. The van der Waals surface area contributed by atoms with Crippen LogP contribution in [0.25, 0.3) is 0 Å². The second-order valence-corrected chi connectivity index (χ2v) is 6.94. The minimum atomic E-state index is 0.0208. The molecule has 23 heavy (non-hydrogen) atoms. The van der Waals surface area contributed by atoms with Gasteiger partial charge in [0.05, 0.1) is 6.10 Å². The van der Waals surface area contributed by atoms with Crippen LogP contribution < -0.4 is 0 Å². The second kappa shape index (κ2) is 12.4. The number of hydrogen-bond donors (Lipinski definition) is 2. The first-order valence-electron chi connectivity index (χ1n) is 9.61. The molecule has 0 aromatic heterocycles. The highest BCUT2D eigenvalue weighted by molar-refractivity contribution is 5.25. The Morgan fingerprint density at radius 3 is 2.04 bits per heavy atom. The molecule has 132 valence electrons. The molecule has 0 atom stereocenters. The molecule has 2 nitrogen and oxygen atoms in total. The van der Waals surface area contributed by atoms with Gasteiger partial charge in [-0.2, -0.15) is 0 Å². The van der Waals surface area contributed by atoms with Crippen LogP contribution in [0.1, 0.15) is 83.6 Å². The molecule has 2 heteroatoms. The summed E-state index contributed by atoms with van der Waals surface area (Å²) in [6, 6.07) is 7.44. The minimum Gasteiger partial charge on any atom is -0.508 e. The number of rotatable bonds is 7. The van der Waals surface area contributed by atoms with Crippen molar-refractivity contribution in [1.82, 2.24) is 0 Å². The molecule has 0 bridgehead atoms. The highest BCUT2D eigenvalue weighted by Gasteiger charge is 2.18. The van der Waals surface area contributed by atoms with Crippen LogP contribution in [0.15, 0.2) is 24.3 Å². The van der Waals surface area contributed by atoms with E-state index in [0.717, 1.165) is 25.2 Å². The third kappa shape index (κ3) is 9.65. The molecule has 0 unspecified atom stereocenters. The van der Waals surface area contributed by atoms with Gasteiger partial charge in [-0.25, -0.2) is 0 Å². The zero-order chi connectivity index (χ0) is 16.9. The Morgan fingerprint density at radius 1 is 0.870 bits per heavy atom. The normalized spacial score (nSPS) is 20.7. The number of benzene rings is 1. The van der Waals surface area contributed by atoms with E-state index >= 15 is 0 Å². The van der Waals surface area contributed by atoms with Crippen molar-refractivity contribution in [3.63, 3.8) is 0 Å². The van der Waals surface area contributed by atoms with E-state index in [0.29, 0.717) is 5.75 Å². The first-order chi connectivity index (χ1) is 11.2. The van der Waals surface area contributed by atoms with Crippen molar-refractivity contribution in [1.29, 1.82) is 0 Å². The van der Waals surface area contributed by atoms with Crippen molar-refractivity contribution in [2.24, 2.45) is 5.92 Å². The molecular formula is C21H36O2. The lowest BCUT2D eigenvalue weighted by Crippen LogP contribution is -2.17. The molecule has 0 saturated heterocycles. The van der Waals surface area contributed by atoms with E-state index in [1.807, 2.05) is 12.1 Å². The molecule has 2 N–H and O–H groups in total. The summed E-state index contributed by atoms with van der Waals surface area (Å²) < 4.78 is 0. The van der Waals surface area contributed by atoms with Crippen LogP contribution in [-0.4, -0.2) is 16.3 Å². The molecule has 0 radical (unpaired) electrons. The molecule has 0 spiro atoms. The molecule has 1 aromatic rings. The second-order valence-electron chi connectivity index (χ2n) is 6.94. The van der Waals surface area contributed by atoms with E-state index < -0.39 is 0 Å². The number of aromatic hydroxyl groups is 1. The van der Waals surface area contributed by atoms with Crippen molar-refractivity contribution in [3.05, 3.63) is 29.8 Å². The lowest BCUT2D eigenvalue weighted by molar-refractivity contribution is 0.106. The molecule has 1 aliphatic rings. The van der Waals surface area contributed by atoms with Crippen LogP contribution in [0.3, 0.4) is 0 Å². The Labute approximate surface area is 142 Å². The average molecular weight is 321 g/mol. The van der Waals surface area contributed by atoms with Gasteiger partial charge in [0.15, 0.2) is 0 Å². The third-order valence-corrected chi connectivity index (χ3v) is 4.79. The average Bonchev–Trinajstić information content (AvgIpc) is 2.57. The number of aliphatic hydroxyl groups is 1. The first-order valence-corrected chi connectivity index (χ1v) is 9.61. The Morgan fingerprint density at radius 2 is 1.48 bits per heavy atom. The molecule has 0 heterocycles. The summed E-state index contributed by atoms with van der Waals surface area (Å²) in [6.45, 7) is 4.44. The number of hydrogen-bond acceptors (Lipinski definition) is 2. The fourth-order valence-electron chi connectivity index (χ4n) is 3.16. The van der Waals surface area contributed by atoms with Crippen molar-refractivity contribution >= 4 is 0 Å². The van der Waals surface area contributed by atoms with Gasteiger partial charge in [0.25, 0.3) is 0 Å². The molecule has 2 rings (SSSR count). The molecule has 1 aromatic carbocycles. The van der Waals surface area contributed by atoms with Crippen molar-refractivity contribution in [3.8, 4) is 5.75 Å². The lowest BCUT2D eigenvalue weighted by Gasteiger charge is -2.25. The van der Waals surface area contributed by atoms with Crippen molar-refractivity contribution in [2.45, 2.75) is 90.6 Å². The number of aliphatic hydroxyl groups excluding tert-OH is 1. The Kier molecular flexibility index (Phi) is 10.8. The van der Waals surface area contributed by atoms with Crippen molar-refractivity contribution < 1.29 is 10.2 Å². The summed E-state index contributed by atoms with van der Waals surface area (Å²) in [5.74, 6) is 1.28. The highest BCUT2D eigenvalue weighted by atomic mass is 16.3. The fourth-order valence-corrected chi connectivity index (χ4v) is 3.16. The van der Waals surface area contributed by atoms with Gasteiger partial charge in [0, 0.05) is 0 Å². The third-order valence-electron chi connectivity index (χ3n) is 4.79. The number of aryl methyl sites for hydroxylation is 1. The van der Waals surface area contributed by atoms with Gasteiger partial charge in [-0.3, -0.25) is 0 Å². The Hall–Kier alpha value is -1.02. The first kappa shape index (κ1) is 20.0. The molecule has 0 aliphatic heterocycles. The van der Waals surface area contributed by atoms with Gasteiger partial charge in [0.2, 0.25) is 0 Å². The van der Waals surface area contributed by atoms with E-state index in [2.05, 4.69) is 13.8 Å². The highest BCUT2D eigenvalue weighted by Crippen LogP contribution is 2.28. The molecule has 0 amide bonds. The predicted octanol–water partition coefficient (Wildman–Crippen LogP) is 5.85. The zero-order valence-corrected chi connectivity index (χ0v) is 15.1. The smallest absolute Gasteiger partial charge is 0.115 e. The summed E-state index contributed by atoms with van der Waals surface area (Å²) in [5.41, 5.74) is 1.31. The Balaban J connectivity index is 0.000000231. The van der Waals surface area contributed by atoms with Gasteiger partial charge in [-0.1, -0.05) is 58.1 Å². The van der Waals surface area contributed by atoms with E-state index in [4.69, 9.17) is 5.11 Å². The van der Waals surface area contributed by atoms with E-state index in [9.17, 15) is 5.11 Å². The molecule has 1 aliphatic carbocycles. The largest absolute Gasteiger partial charge is 0.508 e. The number of phenolic OH excluding ortho intramolecular Hbond substituents is 1. The summed E-state index contributed by atoms with van der Waals surface area (Å²) in [5, 5.41) is 18.3. The van der Waals surface area contributed by atoms with Crippen LogP contribution in [0.4, 0.5) is 0 Å². The topological polar surface area (TPSA) is 40.5 Å². The maximum atomic E-state index is 9.30. The van der Waals surface area contributed by atoms with E-state index in [-0.39, 0.29) is 6.10 Å². The Bertz CT molecular complexity index is 377. The summed E-state index contributed by atoms with van der Waals surface area (Å²) in [7, 11) is 0. The monoisotopic (exact) mass is 320 g/mol.